The molecule has 1 aromatic carbocycles. The Morgan fingerprint density at radius 2 is 1.83 bits per heavy atom. The third-order valence-corrected chi connectivity index (χ3v) is 4.52. The van der Waals surface area contributed by atoms with Gasteiger partial charge in [0.05, 0.1) is 34.2 Å². The molecule has 0 aliphatic carbocycles. The minimum Gasteiger partial charge on any atom is -0.337 e. The van der Waals surface area contributed by atoms with Crippen molar-refractivity contribution < 1.29 is 0 Å². The number of aromatic nitrogens is 4. The summed E-state index contributed by atoms with van der Waals surface area (Å²) in [5, 5.41) is 29.9. The lowest BCUT2D eigenvalue weighted by Crippen LogP contribution is -2.05. The molecular weight excluding hydrogens is 388 g/mol. The first kappa shape index (κ1) is 18.2. The highest BCUT2D eigenvalue weighted by atomic mass is 35.5. The maximum absolute atomic E-state index is 9.37. The summed E-state index contributed by atoms with van der Waals surface area (Å²) in [7, 11) is 0. The van der Waals surface area contributed by atoms with Gasteiger partial charge in [-0.2, -0.15) is 15.0 Å². The van der Waals surface area contributed by atoms with Crippen LogP contribution in [0.4, 0.5) is 23.0 Å². The van der Waals surface area contributed by atoms with Crippen molar-refractivity contribution in [3.8, 4) is 12.1 Å². The molecule has 4 aromatic rings. The van der Waals surface area contributed by atoms with E-state index in [1.165, 1.54) is 10.7 Å². The van der Waals surface area contributed by atoms with E-state index in [1.807, 2.05) is 25.1 Å². The Bertz CT molecular complexity index is 1300. The first-order valence-electron chi connectivity index (χ1n) is 8.53. The fourth-order valence-corrected chi connectivity index (χ4v) is 3.06. The molecule has 0 bridgehead atoms. The highest BCUT2D eigenvalue weighted by Gasteiger charge is 2.14. The average molecular weight is 401 g/mol. The predicted octanol–water partition coefficient (Wildman–Crippen LogP) is 4.32. The van der Waals surface area contributed by atoms with Gasteiger partial charge in [-0.1, -0.05) is 17.7 Å². The molecule has 0 atom stereocenters. The first-order valence-corrected chi connectivity index (χ1v) is 8.91. The van der Waals surface area contributed by atoms with E-state index in [1.54, 1.807) is 24.4 Å². The lowest BCUT2D eigenvalue weighted by Gasteiger charge is -2.13. The average Bonchev–Trinajstić information content (AvgIpc) is 3.14. The summed E-state index contributed by atoms with van der Waals surface area (Å²) in [4.78, 5) is 8.54. The molecule has 29 heavy (non-hydrogen) atoms. The highest BCUT2D eigenvalue weighted by molar-refractivity contribution is 6.33. The Morgan fingerprint density at radius 1 is 1.00 bits per heavy atom. The van der Waals surface area contributed by atoms with Gasteiger partial charge in [-0.3, -0.25) is 0 Å². The minimum absolute atomic E-state index is 0.278. The van der Waals surface area contributed by atoms with Gasteiger partial charge < -0.3 is 10.6 Å². The summed E-state index contributed by atoms with van der Waals surface area (Å²) in [6.45, 7) is 1.82. The Kier molecular flexibility index (Phi) is 4.70. The zero-order valence-corrected chi connectivity index (χ0v) is 15.9. The van der Waals surface area contributed by atoms with E-state index in [-0.39, 0.29) is 5.69 Å². The summed E-state index contributed by atoms with van der Waals surface area (Å²) in [5.74, 6) is 1.04. The van der Waals surface area contributed by atoms with E-state index in [9.17, 15) is 10.5 Å². The van der Waals surface area contributed by atoms with Crippen LogP contribution >= 0.6 is 11.6 Å². The molecule has 0 saturated heterocycles. The second-order valence-electron chi connectivity index (χ2n) is 6.16. The van der Waals surface area contributed by atoms with Crippen molar-refractivity contribution in [2.75, 3.05) is 10.6 Å². The lowest BCUT2D eigenvalue weighted by atomic mass is 10.1. The molecule has 0 aliphatic heterocycles. The van der Waals surface area contributed by atoms with Crippen LogP contribution in [0.3, 0.4) is 0 Å². The molecule has 0 aliphatic rings. The number of benzene rings is 1. The van der Waals surface area contributed by atoms with Crippen molar-refractivity contribution in [3.05, 3.63) is 70.6 Å². The zero-order chi connectivity index (χ0) is 20.4. The molecule has 8 nitrogen and oxygen atoms in total. The molecular formula is C20H13ClN8. The number of pyridine rings is 1. The lowest BCUT2D eigenvalue weighted by molar-refractivity contribution is 0.927. The van der Waals surface area contributed by atoms with Crippen molar-refractivity contribution in [3.63, 3.8) is 0 Å². The normalized spacial score (nSPS) is 10.3. The van der Waals surface area contributed by atoms with E-state index < -0.39 is 0 Å². The van der Waals surface area contributed by atoms with Gasteiger partial charge in [0.25, 0.3) is 0 Å². The number of nitriles is 2. The van der Waals surface area contributed by atoms with Crippen LogP contribution in [-0.4, -0.2) is 19.6 Å². The molecule has 3 heterocycles. The summed E-state index contributed by atoms with van der Waals surface area (Å²) in [5.41, 5.74) is 3.18. The number of imidazole rings is 1. The molecule has 0 amide bonds. The third kappa shape index (κ3) is 3.53. The van der Waals surface area contributed by atoms with Crippen LogP contribution < -0.4 is 10.6 Å². The summed E-state index contributed by atoms with van der Waals surface area (Å²) in [6, 6.07) is 14.8. The number of aryl methyl sites for hydroxylation is 1. The predicted molar refractivity (Wildman–Crippen MR) is 109 cm³/mol. The Labute approximate surface area is 171 Å². The first-order chi connectivity index (χ1) is 14.1. The van der Waals surface area contributed by atoms with Crippen molar-refractivity contribution in [2.24, 2.45) is 0 Å². The van der Waals surface area contributed by atoms with Crippen LogP contribution in [0.5, 0.6) is 0 Å². The topological polar surface area (TPSA) is 115 Å². The fourth-order valence-electron chi connectivity index (χ4n) is 2.80. The molecule has 140 valence electrons. The summed E-state index contributed by atoms with van der Waals surface area (Å²) in [6.07, 6.45) is 3.12. The number of hydrogen-bond acceptors (Lipinski definition) is 7. The van der Waals surface area contributed by atoms with Gasteiger partial charge in [-0.15, -0.1) is 5.10 Å². The standard InChI is InChI=1S/C20H13ClN8/c1-12-6-15(21)16(7-13(12)9-22)26-19-8-17(27-18-4-2-3-5-24-18)20-25-11-14(10-23)29(20)28-19/h2-8,11H,1H3,(H,24,27)(H,26,28). The highest BCUT2D eigenvalue weighted by Crippen LogP contribution is 2.30. The summed E-state index contributed by atoms with van der Waals surface area (Å²) >= 11 is 6.34. The van der Waals surface area contributed by atoms with Crippen molar-refractivity contribution in [1.29, 1.82) is 10.5 Å². The molecule has 9 heteroatoms. The van der Waals surface area contributed by atoms with Crippen molar-refractivity contribution >= 4 is 40.3 Å². The van der Waals surface area contributed by atoms with E-state index in [4.69, 9.17) is 11.6 Å². The zero-order valence-electron chi connectivity index (χ0n) is 15.2. The van der Waals surface area contributed by atoms with Crippen LogP contribution in [0.2, 0.25) is 5.02 Å². The molecule has 0 radical (unpaired) electrons. The van der Waals surface area contributed by atoms with Gasteiger partial charge in [0.1, 0.15) is 11.9 Å². The monoisotopic (exact) mass is 400 g/mol. The molecule has 0 saturated carbocycles. The number of nitrogens with zero attached hydrogens (tertiary/aromatic N) is 6. The number of hydrogen-bond donors (Lipinski definition) is 2. The molecule has 0 spiro atoms. The van der Waals surface area contributed by atoms with E-state index in [2.05, 4.69) is 37.8 Å². The van der Waals surface area contributed by atoms with Crippen LogP contribution in [0.1, 0.15) is 16.8 Å². The maximum atomic E-state index is 9.37. The van der Waals surface area contributed by atoms with E-state index in [0.717, 1.165) is 5.56 Å². The SMILES string of the molecule is Cc1cc(Cl)c(Nc2cc(Nc3ccccn3)c3ncc(C#N)n3n2)cc1C#N. The number of rotatable bonds is 4. The Balaban J connectivity index is 1.81. The minimum atomic E-state index is 0.278. The van der Waals surface area contributed by atoms with E-state index in [0.29, 0.717) is 39.2 Å². The summed E-state index contributed by atoms with van der Waals surface area (Å²) < 4.78 is 1.43. The second kappa shape index (κ2) is 7.47. The van der Waals surface area contributed by atoms with Crippen LogP contribution in [0.15, 0.2) is 48.8 Å². The molecule has 4 rings (SSSR count). The number of anilines is 4. The molecule has 2 N–H and O–H groups in total. The Morgan fingerprint density at radius 3 is 2.55 bits per heavy atom. The third-order valence-electron chi connectivity index (χ3n) is 4.21. The quantitative estimate of drug-likeness (QED) is 0.524. The number of halogens is 1. The fraction of sp³-hybridized carbons (Fsp3) is 0.0500. The van der Waals surface area contributed by atoms with Crippen molar-refractivity contribution in [2.45, 2.75) is 6.92 Å². The number of nitrogens with one attached hydrogen (secondary N) is 2. The largest absolute Gasteiger partial charge is 0.337 e. The van der Waals surface area contributed by atoms with Crippen LogP contribution in [-0.2, 0) is 0 Å². The molecule has 3 aromatic heterocycles. The van der Waals surface area contributed by atoms with E-state index >= 15 is 0 Å². The maximum Gasteiger partial charge on any atom is 0.179 e. The van der Waals surface area contributed by atoms with Gasteiger partial charge in [0.2, 0.25) is 0 Å². The van der Waals surface area contributed by atoms with Gasteiger partial charge in [0.15, 0.2) is 17.2 Å². The van der Waals surface area contributed by atoms with Crippen LogP contribution in [0, 0.1) is 29.6 Å². The van der Waals surface area contributed by atoms with Gasteiger partial charge in [-0.25, -0.2) is 9.97 Å². The van der Waals surface area contributed by atoms with Crippen LogP contribution in [0.25, 0.3) is 5.65 Å². The smallest absolute Gasteiger partial charge is 0.179 e. The van der Waals surface area contributed by atoms with Gasteiger partial charge >= 0.3 is 0 Å². The van der Waals surface area contributed by atoms with Crippen molar-refractivity contribution in [1.82, 2.24) is 19.6 Å². The van der Waals surface area contributed by atoms with Gasteiger partial charge in [-0.05, 0) is 36.8 Å². The molecule has 0 unspecified atom stereocenters. The van der Waals surface area contributed by atoms with Gasteiger partial charge in [0, 0.05) is 12.3 Å². The second-order valence-corrected chi connectivity index (χ2v) is 6.56. The number of fused-ring (bicyclic) bond motifs is 1. The molecule has 0 fully saturated rings. The Hall–Kier alpha value is -4.14.